The number of aromatic nitrogens is 2. The number of esters is 1. The van der Waals surface area contributed by atoms with Gasteiger partial charge in [0.25, 0.3) is 0 Å². The van der Waals surface area contributed by atoms with Crippen molar-refractivity contribution >= 4 is 5.97 Å². The van der Waals surface area contributed by atoms with Crippen LogP contribution in [-0.4, -0.2) is 23.2 Å². The molecule has 0 aliphatic heterocycles. The largest absolute Gasteiger partial charge is 0.469 e. The summed E-state index contributed by atoms with van der Waals surface area (Å²) in [5.74, 6) is 1.67. The zero-order valence-electron chi connectivity index (χ0n) is 9.60. The lowest BCUT2D eigenvalue weighted by molar-refractivity contribution is -0.146. The number of aryl methyl sites for hydroxylation is 1. The Labute approximate surface area is 94.2 Å². The minimum Gasteiger partial charge on any atom is -0.469 e. The second kappa shape index (κ2) is 4.63. The summed E-state index contributed by atoms with van der Waals surface area (Å²) in [4.78, 5) is 15.6. The normalized spacial score (nSPS) is 25.4. The summed E-state index contributed by atoms with van der Waals surface area (Å²) in [6.45, 7) is 1.79. The Kier molecular flexibility index (Phi) is 3.22. The van der Waals surface area contributed by atoms with Gasteiger partial charge in [0, 0.05) is 12.8 Å². The fourth-order valence-corrected chi connectivity index (χ4v) is 2.23. The topological polar surface area (TPSA) is 65.2 Å². The average molecular weight is 224 g/mol. The maximum Gasteiger partial charge on any atom is 0.308 e. The molecule has 0 amide bonds. The van der Waals surface area contributed by atoms with Crippen molar-refractivity contribution in [2.24, 2.45) is 5.92 Å². The Balaban J connectivity index is 1.92. The van der Waals surface area contributed by atoms with E-state index in [1.54, 1.807) is 6.92 Å². The molecule has 5 heteroatoms. The Bertz CT molecular complexity index is 367. The standard InChI is InChI=1S/C11H16N2O3/c1-7-12-10(13-16-7)8-3-5-9(6-4-8)11(14)15-2/h8-9H,3-6H2,1-2H3/t8-,9-. The summed E-state index contributed by atoms with van der Waals surface area (Å²) >= 11 is 0. The van der Waals surface area contributed by atoms with Gasteiger partial charge in [0.05, 0.1) is 13.0 Å². The van der Waals surface area contributed by atoms with Gasteiger partial charge in [-0.2, -0.15) is 4.98 Å². The molecule has 1 aromatic rings. The third kappa shape index (κ3) is 2.23. The Morgan fingerprint density at radius 2 is 2.06 bits per heavy atom. The average Bonchev–Trinajstić information content (AvgIpc) is 2.75. The van der Waals surface area contributed by atoms with E-state index in [0.717, 1.165) is 31.5 Å². The minimum absolute atomic E-state index is 0.0502. The van der Waals surface area contributed by atoms with Gasteiger partial charge in [-0.1, -0.05) is 5.16 Å². The van der Waals surface area contributed by atoms with E-state index >= 15 is 0 Å². The molecule has 0 bridgehead atoms. The first-order valence-electron chi connectivity index (χ1n) is 5.58. The molecule has 1 aliphatic carbocycles. The fourth-order valence-electron chi connectivity index (χ4n) is 2.23. The first kappa shape index (κ1) is 11.1. The molecule has 0 saturated heterocycles. The van der Waals surface area contributed by atoms with Crippen molar-refractivity contribution < 1.29 is 14.1 Å². The Morgan fingerprint density at radius 3 is 2.56 bits per heavy atom. The van der Waals surface area contributed by atoms with Gasteiger partial charge in [0.1, 0.15) is 0 Å². The number of hydrogen-bond acceptors (Lipinski definition) is 5. The van der Waals surface area contributed by atoms with E-state index in [1.807, 2.05) is 0 Å². The van der Waals surface area contributed by atoms with Gasteiger partial charge in [-0.05, 0) is 25.7 Å². The van der Waals surface area contributed by atoms with Crippen LogP contribution in [0.3, 0.4) is 0 Å². The zero-order chi connectivity index (χ0) is 11.5. The molecule has 16 heavy (non-hydrogen) atoms. The molecule has 0 aromatic carbocycles. The van der Waals surface area contributed by atoms with E-state index in [2.05, 4.69) is 10.1 Å². The Morgan fingerprint density at radius 1 is 1.38 bits per heavy atom. The highest BCUT2D eigenvalue weighted by Crippen LogP contribution is 2.34. The molecule has 0 radical (unpaired) electrons. The molecule has 1 saturated carbocycles. The molecule has 1 aromatic heterocycles. The van der Waals surface area contributed by atoms with Crippen LogP contribution in [0.5, 0.6) is 0 Å². The van der Waals surface area contributed by atoms with Crippen molar-refractivity contribution in [3.8, 4) is 0 Å². The van der Waals surface area contributed by atoms with Crippen LogP contribution in [0, 0.1) is 12.8 Å². The molecule has 1 aliphatic rings. The number of methoxy groups -OCH3 is 1. The maximum atomic E-state index is 11.3. The van der Waals surface area contributed by atoms with Crippen LogP contribution >= 0.6 is 0 Å². The van der Waals surface area contributed by atoms with E-state index < -0.39 is 0 Å². The van der Waals surface area contributed by atoms with Crippen molar-refractivity contribution in [1.82, 2.24) is 10.1 Å². The van der Waals surface area contributed by atoms with Crippen molar-refractivity contribution in [2.45, 2.75) is 38.5 Å². The van der Waals surface area contributed by atoms with Crippen LogP contribution in [0.2, 0.25) is 0 Å². The highest BCUT2D eigenvalue weighted by atomic mass is 16.5. The lowest BCUT2D eigenvalue weighted by Crippen LogP contribution is -2.22. The highest BCUT2D eigenvalue weighted by Gasteiger charge is 2.29. The molecule has 0 unspecified atom stereocenters. The third-order valence-corrected chi connectivity index (χ3v) is 3.17. The maximum absolute atomic E-state index is 11.3. The number of rotatable bonds is 2. The molecule has 88 valence electrons. The van der Waals surface area contributed by atoms with Gasteiger partial charge in [-0.3, -0.25) is 4.79 Å². The SMILES string of the molecule is COC(=O)[C@H]1CC[C@H](c2noc(C)n2)CC1. The van der Waals surface area contributed by atoms with Gasteiger partial charge in [0.2, 0.25) is 5.89 Å². The van der Waals surface area contributed by atoms with Crippen molar-refractivity contribution in [3.05, 3.63) is 11.7 Å². The fraction of sp³-hybridized carbons (Fsp3) is 0.727. The van der Waals surface area contributed by atoms with Crippen LogP contribution in [0.1, 0.15) is 43.3 Å². The third-order valence-electron chi connectivity index (χ3n) is 3.17. The summed E-state index contributed by atoms with van der Waals surface area (Å²) in [7, 11) is 1.44. The van der Waals surface area contributed by atoms with Crippen molar-refractivity contribution in [2.75, 3.05) is 7.11 Å². The molecule has 2 rings (SSSR count). The second-order valence-electron chi connectivity index (χ2n) is 4.24. The van der Waals surface area contributed by atoms with Gasteiger partial charge >= 0.3 is 5.97 Å². The molecular formula is C11H16N2O3. The molecule has 0 spiro atoms. The number of carbonyl (C=O) groups excluding carboxylic acids is 1. The molecule has 0 N–H and O–H groups in total. The highest BCUT2D eigenvalue weighted by molar-refractivity contribution is 5.72. The van der Waals surface area contributed by atoms with Gasteiger partial charge in [0.15, 0.2) is 5.82 Å². The van der Waals surface area contributed by atoms with Crippen LogP contribution in [0.4, 0.5) is 0 Å². The van der Waals surface area contributed by atoms with Gasteiger partial charge in [-0.15, -0.1) is 0 Å². The van der Waals surface area contributed by atoms with E-state index in [0.29, 0.717) is 11.8 Å². The molecule has 5 nitrogen and oxygen atoms in total. The van der Waals surface area contributed by atoms with E-state index in [-0.39, 0.29) is 11.9 Å². The quantitative estimate of drug-likeness (QED) is 0.717. The molecular weight excluding hydrogens is 208 g/mol. The summed E-state index contributed by atoms with van der Waals surface area (Å²) in [5.41, 5.74) is 0. The molecule has 0 atom stereocenters. The summed E-state index contributed by atoms with van der Waals surface area (Å²) in [6, 6.07) is 0. The lowest BCUT2D eigenvalue weighted by Gasteiger charge is -2.24. The van der Waals surface area contributed by atoms with Crippen LogP contribution < -0.4 is 0 Å². The first-order chi connectivity index (χ1) is 7.70. The summed E-state index contributed by atoms with van der Waals surface area (Å²) in [6.07, 6.45) is 3.56. The number of hydrogen-bond donors (Lipinski definition) is 0. The number of carbonyl (C=O) groups is 1. The van der Waals surface area contributed by atoms with Crippen LogP contribution in [0.25, 0.3) is 0 Å². The summed E-state index contributed by atoms with van der Waals surface area (Å²) < 4.78 is 9.71. The predicted octanol–water partition coefficient (Wildman–Crippen LogP) is 1.82. The number of nitrogens with zero attached hydrogens (tertiary/aromatic N) is 2. The smallest absolute Gasteiger partial charge is 0.308 e. The molecule has 1 fully saturated rings. The van der Waals surface area contributed by atoms with Gasteiger partial charge in [-0.25, -0.2) is 0 Å². The predicted molar refractivity (Wildman–Crippen MR) is 55.8 cm³/mol. The van der Waals surface area contributed by atoms with Crippen LogP contribution in [0.15, 0.2) is 4.52 Å². The van der Waals surface area contributed by atoms with Gasteiger partial charge < -0.3 is 9.26 Å². The number of ether oxygens (including phenoxy) is 1. The van der Waals surface area contributed by atoms with Crippen molar-refractivity contribution in [1.29, 1.82) is 0 Å². The minimum atomic E-state index is -0.0947. The molecule has 1 heterocycles. The van der Waals surface area contributed by atoms with E-state index in [9.17, 15) is 4.79 Å². The van der Waals surface area contributed by atoms with Crippen molar-refractivity contribution in [3.63, 3.8) is 0 Å². The first-order valence-corrected chi connectivity index (χ1v) is 5.58. The second-order valence-corrected chi connectivity index (χ2v) is 4.24. The lowest BCUT2D eigenvalue weighted by atomic mass is 9.82. The van der Waals surface area contributed by atoms with Crippen LogP contribution in [-0.2, 0) is 9.53 Å². The van der Waals surface area contributed by atoms with E-state index in [1.165, 1.54) is 7.11 Å². The monoisotopic (exact) mass is 224 g/mol. The summed E-state index contributed by atoms with van der Waals surface area (Å²) in [5, 5.41) is 3.93. The van der Waals surface area contributed by atoms with E-state index in [4.69, 9.17) is 9.26 Å². The Hall–Kier alpha value is -1.39. The zero-order valence-corrected chi connectivity index (χ0v) is 9.60.